The topological polar surface area (TPSA) is 80.3 Å². The van der Waals surface area contributed by atoms with E-state index in [4.69, 9.17) is 9.52 Å². The van der Waals surface area contributed by atoms with Crippen LogP contribution in [0, 0.1) is 0 Å². The largest absolute Gasteiger partial charge is 0.463 e. The van der Waals surface area contributed by atoms with Crippen molar-refractivity contribution in [3.8, 4) is 11.5 Å². The number of nitrogens with zero attached hydrogens (tertiary/aromatic N) is 2. The van der Waals surface area contributed by atoms with Crippen LogP contribution in [0.25, 0.3) is 11.5 Å². The lowest BCUT2D eigenvalue weighted by atomic mass is 10.3. The minimum absolute atomic E-state index is 0.0637. The van der Waals surface area contributed by atoms with E-state index in [0.29, 0.717) is 23.8 Å². The molecule has 0 saturated heterocycles. The number of aliphatic hydroxyl groups is 1. The predicted molar refractivity (Wildman–Crippen MR) is 70.5 cm³/mol. The molecule has 6 heteroatoms. The van der Waals surface area contributed by atoms with Gasteiger partial charge in [-0.25, -0.2) is 4.68 Å². The smallest absolute Gasteiger partial charge is 0.249 e. The zero-order chi connectivity index (χ0) is 13.7. The van der Waals surface area contributed by atoms with Crippen LogP contribution in [0.5, 0.6) is 0 Å². The molecule has 19 heavy (non-hydrogen) atoms. The fourth-order valence-corrected chi connectivity index (χ4v) is 1.65. The van der Waals surface area contributed by atoms with E-state index in [1.165, 1.54) is 10.8 Å². The summed E-state index contributed by atoms with van der Waals surface area (Å²) >= 11 is 0. The van der Waals surface area contributed by atoms with E-state index in [2.05, 4.69) is 10.4 Å². The molecular formula is C13H15N3O3. The highest BCUT2D eigenvalue weighted by Crippen LogP contribution is 2.22. The van der Waals surface area contributed by atoms with Crippen LogP contribution in [0.4, 0.5) is 5.82 Å². The van der Waals surface area contributed by atoms with Crippen LogP contribution >= 0.6 is 0 Å². The van der Waals surface area contributed by atoms with E-state index in [1.54, 1.807) is 37.5 Å². The van der Waals surface area contributed by atoms with Gasteiger partial charge in [0.15, 0.2) is 5.76 Å². The molecule has 0 radical (unpaired) electrons. The molecule has 0 aliphatic carbocycles. The molecule has 1 amide bonds. The third-order valence-electron chi connectivity index (χ3n) is 2.43. The van der Waals surface area contributed by atoms with Crippen molar-refractivity contribution in [3.05, 3.63) is 36.6 Å². The fraction of sp³-hybridized carbons (Fsp3) is 0.231. The standard InChI is InChI=1S/C13H15N3O3/c1-2-4-13(18)14-12-9-10(11-5-3-8-19-11)15-16(12)6-7-17/h2-5,8-9,17H,6-7H2,1H3,(H,14,18)/b4-2-. The number of furan rings is 1. The lowest BCUT2D eigenvalue weighted by Gasteiger charge is -2.05. The molecule has 2 N–H and O–H groups in total. The van der Waals surface area contributed by atoms with Gasteiger partial charge in [-0.3, -0.25) is 4.79 Å². The first-order chi connectivity index (χ1) is 9.24. The van der Waals surface area contributed by atoms with Crippen LogP contribution in [-0.4, -0.2) is 27.4 Å². The number of carbonyl (C=O) groups excluding carboxylic acids is 1. The molecule has 0 saturated carbocycles. The number of aliphatic hydroxyl groups excluding tert-OH is 1. The zero-order valence-electron chi connectivity index (χ0n) is 10.5. The zero-order valence-corrected chi connectivity index (χ0v) is 10.5. The van der Waals surface area contributed by atoms with Crippen molar-refractivity contribution >= 4 is 11.7 Å². The Morgan fingerprint density at radius 2 is 2.47 bits per heavy atom. The molecule has 0 aliphatic heterocycles. The van der Waals surface area contributed by atoms with Gasteiger partial charge in [-0.1, -0.05) is 6.08 Å². The Morgan fingerprint density at radius 3 is 3.11 bits per heavy atom. The molecule has 0 spiro atoms. The summed E-state index contributed by atoms with van der Waals surface area (Å²) < 4.78 is 6.78. The van der Waals surface area contributed by atoms with Gasteiger partial charge in [0.05, 0.1) is 19.4 Å². The quantitative estimate of drug-likeness (QED) is 0.802. The van der Waals surface area contributed by atoms with Crippen LogP contribution in [0.3, 0.4) is 0 Å². The van der Waals surface area contributed by atoms with E-state index < -0.39 is 0 Å². The van der Waals surface area contributed by atoms with Gasteiger partial charge < -0.3 is 14.8 Å². The summed E-state index contributed by atoms with van der Waals surface area (Å²) in [7, 11) is 0. The maximum absolute atomic E-state index is 11.5. The molecule has 0 unspecified atom stereocenters. The average Bonchev–Trinajstić information content (AvgIpc) is 3.00. The van der Waals surface area contributed by atoms with Crippen molar-refractivity contribution in [2.75, 3.05) is 11.9 Å². The number of amides is 1. The summed E-state index contributed by atoms with van der Waals surface area (Å²) in [4.78, 5) is 11.5. The highest BCUT2D eigenvalue weighted by molar-refractivity contribution is 5.98. The summed E-state index contributed by atoms with van der Waals surface area (Å²) in [5.74, 6) is 0.884. The summed E-state index contributed by atoms with van der Waals surface area (Å²) in [6, 6.07) is 5.25. The Balaban J connectivity index is 2.28. The second-order valence-electron chi connectivity index (χ2n) is 3.83. The fourth-order valence-electron chi connectivity index (χ4n) is 1.65. The third-order valence-corrected chi connectivity index (χ3v) is 2.43. The first-order valence-corrected chi connectivity index (χ1v) is 5.91. The van der Waals surface area contributed by atoms with Crippen molar-refractivity contribution in [3.63, 3.8) is 0 Å². The first-order valence-electron chi connectivity index (χ1n) is 5.91. The van der Waals surface area contributed by atoms with Crippen molar-refractivity contribution in [2.45, 2.75) is 13.5 Å². The Bertz CT molecular complexity index is 570. The third kappa shape index (κ3) is 3.11. The highest BCUT2D eigenvalue weighted by Gasteiger charge is 2.12. The Morgan fingerprint density at radius 1 is 1.63 bits per heavy atom. The van der Waals surface area contributed by atoms with Gasteiger partial charge in [0.2, 0.25) is 5.91 Å². The lowest BCUT2D eigenvalue weighted by molar-refractivity contribution is -0.112. The normalized spacial score (nSPS) is 11.1. The minimum Gasteiger partial charge on any atom is -0.463 e. The van der Waals surface area contributed by atoms with Crippen LogP contribution in [0.15, 0.2) is 41.0 Å². The molecule has 0 atom stereocenters. The van der Waals surface area contributed by atoms with Crippen LogP contribution < -0.4 is 5.32 Å². The molecule has 2 aromatic rings. The molecule has 2 heterocycles. The van der Waals surface area contributed by atoms with E-state index >= 15 is 0 Å². The first kappa shape index (κ1) is 13.1. The summed E-state index contributed by atoms with van der Waals surface area (Å²) in [5.41, 5.74) is 0.606. The van der Waals surface area contributed by atoms with E-state index in [1.807, 2.05) is 0 Å². The number of carbonyl (C=O) groups is 1. The van der Waals surface area contributed by atoms with Gasteiger partial charge in [0.1, 0.15) is 11.5 Å². The van der Waals surface area contributed by atoms with Gasteiger partial charge in [-0.2, -0.15) is 5.10 Å². The van der Waals surface area contributed by atoms with Crippen molar-refractivity contribution < 1.29 is 14.3 Å². The number of anilines is 1. The van der Waals surface area contributed by atoms with Crippen molar-refractivity contribution in [1.82, 2.24) is 9.78 Å². The number of aromatic nitrogens is 2. The summed E-state index contributed by atoms with van der Waals surface area (Å²) in [6.45, 7) is 2.00. The number of hydrogen-bond donors (Lipinski definition) is 2. The monoisotopic (exact) mass is 261 g/mol. The molecular weight excluding hydrogens is 246 g/mol. The number of allylic oxidation sites excluding steroid dienone is 1. The minimum atomic E-state index is -0.243. The van der Waals surface area contributed by atoms with E-state index in [-0.39, 0.29) is 12.5 Å². The lowest BCUT2D eigenvalue weighted by Crippen LogP contribution is -2.14. The van der Waals surface area contributed by atoms with Crippen LogP contribution in [0.1, 0.15) is 6.92 Å². The molecule has 2 rings (SSSR count). The molecule has 0 fully saturated rings. The maximum Gasteiger partial charge on any atom is 0.249 e. The Labute approximate surface area is 110 Å². The van der Waals surface area contributed by atoms with Gasteiger partial charge in [-0.15, -0.1) is 0 Å². The highest BCUT2D eigenvalue weighted by atomic mass is 16.3. The molecule has 0 bridgehead atoms. The molecule has 0 aromatic carbocycles. The number of rotatable bonds is 5. The number of hydrogen-bond acceptors (Lipinski definition) is 4. The van der Waals surface area contributed by atoms with Gasteiger partial charge in [0, 0.05) is 6.07 Å². The molecule has 100 valence electrons. The van der Waals surface area contributed by atoms with Gasteiger partial charge >= 0.3 is 0 Å². The molecule has 2 aromatic heterocycles. The second kappa shape index (κ2) is 6.01. The summed E-state index contributed by atoms with van der Waals surface area (Å²) in [5, 5.41) is 16.0. The second-order valence-corrected chi connectivity index (χ2v) is 3.83. The Kier molecular flexibility index (Phi) is 4.15. The molecule has 0 aliphatic rings. The average molecular weight is 261 g/mol. The van der Waals surface area contributed by atoms with Gasteiger partial charge in [-0.05, 0) is 25.1 Å². The Hall–Kier alpha value is -2.34. The van der Waals surface area contributed by atoms with Crippen molar-refractivity contribution in [1.29, 1.82) is 0 Å². The maximum atomic E-state index is 11.5. The van der Waals surface area contributed by atoms with Crippen LogP contribution in [-0.2, 0) is 11.3 Å². The van der Waals surface area contributed by atoms with Crippen molar-refractivity contribution in [2.24, 2.45) is 0 Å². The van der Waals surface area contributed by atoms with Crippen LogP contribution in [0.2, 0.25) is 0 Å². The number of nitrogens with one attached hydrogen (secondary N) is 1. The van der Waals surface area contributed by atoms with Gasteiger partial charge in [0.25, 0.3) is 0 Å². The van der Waals surface area contributed by atoms with E-state index in [9.17, 15) is 4.79 Å². The van der Waals surface area contributed by atoms with E-state index in [0.717, 1.165) is 0 Å². The predicted octanol–water partition coefficient (Wildman–Crippen LogP) is 1.65. The summed E-state index contributed by atoms with van der Waals surface area (Å²) in [6.07, 6.45) is 4.62. The molecule has 6 nitrogen and oxygen atoms in total. The SMILES string of the molecule is C/C=C\C(=O)Nc1cc(-c2ccco2)nn1CCO.